The third kappa shape index (κ3) is 4.12. The van der Waals surface area contributed by atoms with Crippen LogP contribution in [0.3, 0.4) is 0 Å². The van der Waals surface area contributed by atoms with Crippen LogP contribution < -0.4 is 5.32 Å². The van der Waals surface area contributed by atoms with Gasteiger partial charge in [0.15, 0.2) is 5.69 Å². The Morgan fingerprint density at radius 2 is 2.00 bits per heavy atom. The molecule has 1 amide bonds. The monoisotopic (exact) mass is 433 g/mol. The Morgan fingerprint density at radius 1 is 1.29 bits per heavy atom. The van der Waals surface area contributed by atoms with Crippen molar-refractivity contribution < 1.29 is 22.5 Å². The lowest BCUT2D eigenvalue weighted by molar-refractivity contribution is -0.141. The molecular weight excluding hydrogens is 422 g/mol. The van der Waals surface area contributed by atoms with Gasteiger partial charge in [-0.2, -0.15) is 23.3 Å². The molecule has 0 fully saturated rings. The molecule has 1 N–H and O–H groups in total. The smallest absolute Gasteiger partial charge is 0.339 e. The average Bonchev–Trinajstić information content (AvgIpc) is 3.21. The van der Waals surface area contributed by atoms with E-state index in [1.165, 1.54) is 13.1 Å². The van der Waals surface area contributed by atoms with Gasteiger partial charge >= 0.3 is 6.18 Å². The second-order valence-electron chi connectivity index (χ2n) is 5.81. The summed E-state index contributed by atoms with van der Waals surface area (Å²) in [4.78, 5) is 16.5. The zero-order chi connectivity index (χ0) is 20.6. The number of benzene rings is 1. The molecule has 3 aromatic rings. The van der Waals surface area contributed by atoms with Crippen molar-refractivity contribution in [3.63, 3.8) is 0 Å². The molecule has 148 valence electrons. The number of hydrogen-bond donors (Lipinski definition) is 1. The fraction of sp³-hybridized carbons (Fsp3) is 0.250. The first kappa shape index (κ1) is 20.2. The zero-order valence-electron chi connectivity index (χ0n) is 14.4. The second-order valence-corrected chi connectivity index (χ2v) is 6.66. The van der Waals surface area contributed by atoms with Crippen LogP contribution in [0.2, 0.25) is 10.0 Å². The molecule has 0 bridgehead atoms. The number of carbonyl (C=O) groups excluding carboxylic acids is 1. The lowest BCUT2D eigenvalue weighted by atomic mass is 10.2. The van der Waals surface area contributed by atoms with Gasteiger partial charge in [-0.1, -0.05) is 28.4 Å². The number of aryl methyl sites for hydroxylation is 1. The Hall–Kier alpha value is -2.59. The first-order valence-corrected chi connectivity index (χ1v) is 8.53. The quantitative estimate of drug-likeness (QED) is 0.663. The van der Waals surface area contributed by atoms with Crippen molar-refractivity contribution >= 4 is 29.1 Å². The third-order valence-electron chi connectivity index (χ3n) is 3.73. The van der Waals surface area contributed by atoms with Crippen molar-refractivity contribution in [2.45, 2.75) is 19.1 Å². The minimum atomic E-state index is -4.65. The Kier molecular flexibility index (Phi) is 5.35. The van der Waals surface area contributed by atoms with Gasteiger partial charge in [0.2, 0.25) is 11.7 Å². The number of nitrogens with one attached hydrogen (secondary N) is 1. The van der Waals surface area contributed by atoms with Crippen molar-refractivity contribution in [3.05, 3.63) is 51.6 Å². The first-order valence-electron chi connectivity index (χ1n) is 7.77. The van der Waals surface area contributed by atoms with Crippen LogP contribution in [-0.2, 0) is 13.2 Å². The molecule has 7 nitrogen and oxygen atoms in total. The standard InChI is InChI=1S/C16H12Cl2F3N5O2/c1-7(22-14(27)11-6-12(16(19,20)21)24-26(11)2)15-23-13(25-28-15)9-4-3-8(17)5-10(9)18/h3-7H,1-2H3,(H,22,27). The van der Waals surface area contributed by atoms with Crippen LogP contribution in [0.5, 0.6) is 0 Å². The van der Waals surface area contributed by atoms with Gasteiger partial charge in [0, 0.05) is 23.7 Å². The van der Waals surface area contributed by atoms with E-state index >= 15 is 0 Å². The van der Waals surface area contributed by atoms with E-state index in [9.17, 15) is 18.0 Å². The van der Waals surface area contributed by atoms with Crippen LogP contribution in [0.25, 0.3) is 11.4 Å². The molecule has 12 heteroatoms. The van der Waals surface area contributed by atoms with Gasteiger partial charge in [0.1, 0.15) is 11.7 Å². The van der Waals surface area contributed by atoms with Gasteiger partial charge in [0.05, 0.1) is 5.02 Å². The van der Waals surface area contributed by atoms with E-state index in [1.54, 1.807) is 19.1 Å². The minimum absolute atomic E-state index is 0.0487. The Morgan fingerprint density at radius 3 is 2.61 bits per heavy atom. The molecule has 2 heterocycles. The average molecular weight is 434 g/mol. The van der Waals surface area contributed by atoms with Crippen LogP contribution >= 0.6 is 23.2 Å². The molecule has 28 heavy (non-hydrogen) atoms. The maximum atomic E-state index is 12.7. The van der Waals surface area contributed by atoms with E-state index in [4.69, 9.17) is 27.7 Å². The van der Waals surface area contributed by atoms with Gasteiger partial charge < -0.3 is 9.84 Å². The summed E-state index contributed by atoms with van der Waals surface area (Å²) in [5.41, 5.74) is -0.953. The van der Waals surface area contributed by atoms with Crippen molar-refractivity contribution in [1.82, 2.24) is 25.2 Å². The molecular formula is C16H12Cl2F3N5O2. The Balaban J connectivity index is 1.77. The maximum Gasteiger partial charge on any atom is 0.435 e. The molecule has 0 saturated carbocycles. The second kappa shape index (κ2) is 7.44. The van der Waals surface area contributed by atoms with Crippen LogP contribution in [0.1, 0.15) is 35.0 Å². The molecule has 1 aromatic carbocycles. The molecule has 0 saturated heterocycles. The van der Waals surface area contributed by atoms with E-state index in [1.807, 2.05) is 0 Å². The van der Waals surface area contributed by atoms with Gasteiger partial charge in [-0.05, 0) is 25.1 Å². The number of amides is 1. The van der Waals surface area contributed by atoms with Crippen LogP contribution in [0, 0.1) is 0 Å². The number of halogens is 5. The summed E-state index contributed by atoms with van der Waals surface area (Å²) >= 11 is 11.9. The number of nitrogens with zero attached hydrogens (tertiary/aromatic N) is 4. The lowest BCUT2D eigenvalue weighted by Crippen LogP contribution is -2.28. The lowest BCUT2D eigenvalue weighted by Gasteiger charge is -2.09. The number of carbonyl (C=O) groups is 1. The number of aromatic nitrogens is 4. The summed E-state index contributed by atoms with van der Waals surface area (Å²) < 4.78 is 44.2. The summed E-state index contributed by atoms with van der Waals surface area (Å²) in [6, 6.07) is 4.61. The zero-order valence-corrected chi connectivity index (χ0v) is 15.9. The molecule has 3 rings (SSSR count). The van der Waals surface area contributed by atoms with Crippen molar-refractivity contribution in [2.75, 3.05) is 0 Å². The Labute approximate surface area is 166 Å². The molecule has 0 aliphatic heterocycles. The van der Waals surface area contributed by atoms with Gasteiger partial charge in [-0.25, -0.2) is 0 Å². The number of hydrogen-bond acceptors (Lipinski definition) is 5. The van der Waals surface area contributed by atoms with Crippen LogP contribution in [0.15, 0.2) is 28.8 Å². The maximum absolute atomic E-state index is 12.7. The molecule has 0 radical (unpaired) electrons. The van der Waals surface area contributed by atoms with Gasteiger partial charge in [0.25, 0.3) is 5.91 Å². The number of rotatable bonds is 4. The molecule has 0 aliphatic carbocycles. The summed E-state index contributed by atoms with van der Waals surface area (Å²) in [7, 11) is 1.24. The van der Waals surface area contributed by atoms with Crippen LogP contribution in [0.4, 0.5) is 13.2 Å². The minimum Gasteiger partial charge on any atom is -0.339 e. The SMILES string of the molecule is CC(NC(=O)c1cc(C(F)(F)F)nn1C)c1nc(-c2ccc(Cl)cc2Cl)no1. The predicted octanol–water partition coefficient (Wildman–Crippen LogP) is 4.29. The highest BCUT2D eigenvalue weighted by Gasteiger charge is 2.35. The predicted molar refractivity (Wildman–Crippen MR) is 93.8 cm³/mol. The Bertz CT molecular complexity index is 1030. The first-order chi connectivity index (χ1) is 13.1. The van der Waals surface area contributed by atoms with E-state index in [2.05, 4.69) is 20.6 Å². The van der Waals surface area contributed by atoms with Gasteiger partial charge in [-0.3, -0.25) is 9.48 Å². The van der Waals surface area contributed by atoms with E-state index in [0.29, 0.717) is 21.7 Å². The fourth-order valence-corrected chi connectivity index (χ4v) is 2.83. The highest BCUT2D eigenvalue weighted by atomic mass is 35.5. The van der Waals surface area contributed by atoms with E-state index in [-0.39, 0.29) is 17.4 Å². The van der Waals surface area contributed by atoms with Crippen molar-refractivity contribution in [1.29, 1.82) is 0 Å². The van der Waals surface area contributed by atoms with Crippen molar-refractivity contribution in [2.24, 2.45) is 7.05 Å². The summed E-state index contributed by atoms with van der Waals surface area (Å²) in [5.74, 6) is -0.549. The van der Waals surface area contributed by atoms with Gasteiger partial charge in [-0.15, -0.1) is 0 Å². The molecule has 0 spiro atoms. The number of alkyl halides is 3. The molecule has 1 unspecified atom stereocenters. The highest BCUT2D eigenvalue weighted by molar-refractivity contribution is 6.36. The topological polar surface area (TPSA) is 85.8 Å². The van der Waals surface area contributed by atoms with E-state index < -0.39 is 23.8 Å². The summed E-state index contributed by atoms with van der Waals surface area (Å²) in [6.07, 6.45) is -4.65. The fourth-order valence-electron chi connectivity index (χ4n) is 2.34. The normalized spacial score (nSPS) is 12.8. The van der Waals surface area contributed by atoms with Crippen molar-refractivity contribution in [3.8, 4) is 11.4 Å². The third-order valence-corrected chi connectivity index (χ3v) is 4.28. The summed E-state index contributed by atoms with van der Waals surface area (Å²) in [5, 5.41) is 10.3. The highest BCUT2D eigenvalue weighted by Crippen LogP contribution is 2.30. The molecule has 2 aromatic heterocycles. The van der Waals surface area contributed by atoms with Crippen LogP contribution in [-0.4, -0.2) is 25.8 Å². The summed E-state index contributed by atoms with van der Waals surface area (Å²) in [6.45, 7) is 1.54. The van der Waals surface area contributed by atoms with E-state index in [0.717, 1.165) is 4.68 Å². The largest absolute Gasteiger partial charge is 0.435 e. The molecule has 0 aliphatic rings. The molecule has 1 atom stereocenters.